The number of aromatic nitrogens is 1. The van der Waals surface area contributed by atoms with Gasteiger partial charge >= 0.3 is 0 Å². The van der Waals surface area contributed by atoms with Crippen molar-refractivity contribution in [1.82, 2.24) is 9.88 Å². The largest absolute Gasteiger partial charge is 0.395 e. The van der Waals surface area contributed by atoms with E-state index in [0.29, 0.717) is 6.61 Å². The summed E-state index contributed by atoms with van der Waals surface area (Å²) >= 11 is 1.72. The van der Waals surface area contributed by atoms with Crippen molar-refractivity contribution in [2.24, 2.45) is 0 Å². The zero-order valence-electron chi connectivity index (χ0n) is 9.56. The fraction of sp³-hybridized carbons (Fsp3) is 0.727. The first-order valence-corrected chi connectivity index (χ1v) is 6.51. The number of hydrogen-bond donors (Lipinski definition) is 1. The normalized spacial score (nSPS) is 22.5. The summed E-state index contributed by atoms with van der Waals surface area (Å²) in [5, 5.41) is 9.24. The average molecular weight is 242 g/mol. The van der Waals surface area contributed by atoms with Gasteiger partial charge in [-0.2, -0.15) is 0 Å². The smallest absolute Gasteiger partial charge is 0.0797 e. The lowest BCUT2D eigenvalue weighted by Crippen LogP contribution is -2.48. The minimum atomic E-state index is 0.168. The number of aliphatic hydroxyl groups excluding tert-OH is 1. The summed E-state index contributed by atoms with van der Waals surface area (Å²) in [5.41, 5.74) is 3.03. The molecule has 0 saturated carbocycles. The van der Waals surface area contributed by atoms with Gasteiger partial charge in [0.05, 0.1) is 37.1 Å². The maximum absolute atomic E-state index is 9.24. The summed E-state index contributed by atoms with van der Waals surface area (Å²) in [4.78, 5) is 7.90. The Balaban J connectivity index is 1.86. The molecule has 16 heavy (non-hydrogen) atoms. The zero-order chi connectivity index (χ0) is 11.4. The highest BCUT2D eigenvalue weighted by Crippen LogP contribution is 2.15. The maximum Gasteiger partial charge on any atom is 0.0797 e. The molecule has 90 valence electrons. The zero-order valence-corrected chi connectivity index (χ0v) is 10.4. The van der Waals surface area contributed by atoms with Crippen LogP contribution in [0.15, 0.2) is 5.51 Å². The van der Waals surface area contributed by atoms with Crippen LogP contribution in [0.5, 0.6) is 0 Å². The van der Waals surface area contributed by atoms with E-state index >= 15 is 0 Å². The van der Waals surface area contributed by atoms with E-state index in [1.165, 1.54) is 4.88 Å². The van der Waals surface area contributed by atoms with Crippen LogP contribution in [0.3, 0.4) is 0 Å². The van der Waals surface area contributed by atoms with Crippen LogP contribution in [0, 0.1) is 6.92 Å². The predicted molar refractivity (Wildman–Crippen MR) is 63.8 cm³/mol. The third kappa shape index (κ3) is 2.79. The Morgan fingerprint density at radius 3 is 3.25 bits per heavy atom. The predicted octanol–water partition coefficient (Wildman–Crippen LogP) is 0.687. The molecule has 1 aliphatic rings. The lowest BCUT2D eigenvalue weighted by molar-refractivity contribution is -0.0266. The molecule has 0 amide bonds. The molecule has 4 nitrogen and oxygen atoms in total. The minimum absolute atomic E-state index is 0.168. The van der Waals surface area contributed by atoms with Crippen LogP contribution in [0.2, 0.25) is 0 Å². The van der Waals surface area contributed by atoms with Gasteiger partial charge in [0.2, 0.25) is 0 Å². The molecule has 1 fully saturated rings. The molecule has 1 aliphatic heterocycles. The van der Waals surface area contributed by atoms with Gasteiger partial charge in [0.25, 0.3) is 0 Å². The number of aryl methyl sites for hydroxylation is 1. The first-order chi connectivity index (χ1) is 7.81. The molecule has 1 aromatic heterocycles. The summed E-state index contributed by atoms with van der Waals surface area (Å²) in [5.74, 6) is 0. The van der Waals surface area contributed by atoms with E-state index in [2.05, 4.69) is 16.8 Å². The summed E-state index contributed by atoms with van der Waals surface area (Å²) in [6, 6.07) is 0.168. The number of thiazole rings is 1. The number of hydrogen-bond acceptors (Lipinski definition) is 5. The lowest BCUT2D eigenvalue weighted by Gasteiger charge is -2.34. The molecular weight excluding hydrogens is 224 g/mol. The van der Waals surface area contributed by atoms with E-state index in [9.17, 15) is 5.11 Å². The quantitative estimate of drug-likeness (QED) is 0.843. The topological polar surface area (TPSA) is 45.6 Å². The fourth-order valence-corrected chi connectivity index (χ4v) is 2.73. The lowest BCUT2D eigenvalue weighted by atomic mass is 10.2. The van der Waals surface area contributed by atoms with Crippen molar-refractivity contribution in [3.63, 3.8) is 0 Å². The maximum atomic E-state index is 9.24. The molecule has 5 heteroatoms. The number of morpholine rings is 1. The molecule has 1 unspecified atom stereocenters. The standard InChI is InChI=1S/C11H18N2O2S/c1-9-11(16-8-12-9)2-3-13-4-5-15-7-10(13)6-14/h8,10,14H,2-7H2,1H3. The Morgan fingerprint density at radius 2 is 2.56 bits per heavy atom. The number of rotatable bonds is 4. The highest BCUT2D eigenvalue weighted by Gasteiger charge is 2.21. The average Bonchev–Trinajstić information content (AvgIpc) is 2.72. The van der Waals surface area contributed by atoms with Crippen molar-refractivity contribution in [2.45, 2.75) is 19.4 Å². The van der Waals surface area contributed by atoms with E-state index in [0.717, 1.165) is 31.8 Å². The van der Waals surface area contributed by atoms with Crippen molar-refractivity contribution in [1.29, 1.82) is 0 Å². The molecule has 0 spiro atoms. The van der Waals surface area contributed by atoms with Gasteiger partial charge in [-0.25, -0.2) is 4.98 Å². The van der Waals surface area contributed by atoms with E-state index < -0.39 is 0 Å². The number of nitrogens with zero attached hydrogens (tertiary/aromatic N) is 2. The van der Waals surface area contributed by atoms with E-state index in [4.69, 9.17) is 4.74 Å². The van der Waals surface area contributed by atoms with Crippen LogP contribution in [0.4, 0.5) is 0 Å². The molecule has 2 rings (SSSR count). The molecule has 1 N–H and O–H groups in total. The summed E-state index contributed by atoms with van der Waals surface area (Å²) < 4.78 is 5.35. The molecular formula is C11H18N2O2S. The van der Waals surface area contributed by atoms with Crippen LogP contribution < -0.4 is 0 Å². The van der Waals surface area contributed by atoms with Crippen molar-refractivity contribution < 1.29 is 9.84 Å². The number of aliphatic hydroxyl groups is 1. The second-order valence-electron chi connectivity index (χ2n) is 4.06. The van der Waals surface area contributed by atoms with E-state index in [-0.39, 0.29) is 12.6 Å². The molecule has 1 atom stereocenters. The molecule has 1 aromatic rings. The number of ether oxygens (including phenoxy) is 1. The van der Waals surface area contributed by atoms with Crippen LogP contribution >= 0.6 is 11.3 Å². The highest BCUT2D eigenvalue weighted by atomic mass is 32.1. The molecule has 0 radical (unpaired) electrons. The highest BCUT2D eigenvalue weighted by molar-refractivity contribution is 7.09. The molecule has 0 bridgehead atoms. The van der Waals surface area contributed by atoms with Gasteiger partial charge in [0.1, 0.15) is 0 Å². The Bertz CT molecular complexity index is 330. The van der Waals surface area contributed by atoms with Crippen LogP contribution in [0.25, 0.3) is 0 Å². The third-order valence-electron chi connectivity index (χ3n) is 3.03. The van der Waals surface area contributed by atoms with Crippen molar-refractivity contribution in [2.75, 3.05) is 32.9 Å². The molecule has 2 heterocycles. The van der Waals surface area contributed by atoms with Crippen LogP contribution in [-0.4, -0.2) is 53.9 Å². The van der Waals surface area contributed by atoms with Gasteiger partial charge in [-0.3, -0.25) is 4.90 Å². The van der Waals surface area contributed by atoms with Gasteiger partial charge in [-0.15, -0.1) is 11.3 Å². The van der Waals surface area contributed by atoms with Crippen molar-refractivity contribution >= 4 is 11.3 Å². The summed E-state index contributed by atoms with van der Waals surface area (Å²) in [7, 11) is 0. The monoisotopic (exact) mass is 242 g/mol. The van der Waals surface area contributed by atoms with Crippen molar-refractivity contribution in [3.05, 3.63) is 16.1 Å². The second-order valence-corrected chi connectivity index (χ2v) is 5.00. The van der Waals surface area contributed by atoms with Gasteiger partial charge in [0.15, 0.2) is 0 Å². The Hall–Kier alpha value is -0.490. The van der Waals surface area contributed by atoms with E-state index in [1.54, 1.807) is 11.3 Å². The van der Waals surface area contributed by atoms with Crippen LogP contribution in [0.1, 0.15) is 10.6 Å². The molecule has 1 saturated heterocycles. The Morgan fingerprint density at radius 1 is 1.69 bits per heavy atom. The van der Waals surface area contributed by atoms with Crippen molar-refractivity contribution in [3.8, 4) is 0 Å². The van der Waals surface area contributed by atoms with Gasteiger partial charge < -0.3 is 9.84 Å². The second kappa shape index (κ2) is 5.72. The van der Waals surface area contributed by atoms with Gasteiger partial charge in [-0.05, 0) is 13.3 Å². The Labute approximate surface area is 99.9 Å². The van der Waals surface area contributed by atoms with Gasteiger partial charge in [0, 0.05) is 18.0 Å². The fourth-order valence-electron chi connectivity index (χ4n) is 1.96. The molecule has 0 aromatic carbocycles. The minimum Gasteiger partial charge on any atom is -0.395 e. The molecule has 0 aliphatic carbocycles. The summed E-state index contributed by atoms with van der Waals surface area (Å²) in [6.07, 6.45) is 1.02. The Kier molecular flexibility index (Phi) is 4.29. The SMILES string of the molecule is Cc1ncsc1CCN1CCOCC1CO. The van der Waals surface area contributed by atoms with Gasteiger partial charge in [-0.1, -0.05) is 0 Å². The first kappa shape index (κ1) is 12.0. The first-order valence-electron chi connectivity index (χ1n) is 5.63. The van der Waals surface area contributed by atoms with Crippen LogP contribution in [-0.2, 0) is 11.2 Å². The van der Waals surface area contributed by atoms with E-state index in [1.807, 2.05) is 5.51 Å². The third-order valence-corrected chi connectivity index (χ3v) is 4.03. The summed E-state index contributed by atoms with van der Waals surface area (Å²) in [6.45, 7) is 5.56.